The normalized spacial score (nSPS) is 11.7. The van der Waals surface area contributed by atoms with Crippen molar-refractivity contribution >= 4 is 5.82 Å². The lowest BCUT2D eigenvalue weighted by Gasteiger charge is -2.10. The number of nitrogens with zero attached hydrogens (tertiary/aromatic N) is 1. The third-order valence-electron chi connectivity index (χ3n) is 1.65. The second-order valence-electron chi connectivity index (χ2n) is 2.60. The first kappa shape index (κ1) is 9.83. The summed E-state index contributed by atoms with van der Waals surface area (Å²) in [5, 5.41) is 0. The number of rotatable bonds is 1. The SMILES string of the molecule is CCc1ccc(N)nc1C(F)(F)F. The number of nitrogens with two attached hydrogens (primary N) is 1. The van der Waals surface area contributed by atoms with Gasteiger partial charge < -0.3 is 5.73 Å². The molecular formula is C8H9F3N2. The van der Waals surface area contributed by atoms with Crippen LogP contribution in [0.2, 0.25) is 0 Å². The van der Waals surface area contributed by atoms with Crippen LogP contribution in [0.1, 0.15) is 18.2 Å². The Labute approximate surface area is 73.6 Å². The first-order valence-corrected chi connectivity index (χ1v) is 3.77. The van der Waals surface area contributed by atoms with Gasteiger partial charge in [0.2, 0.25) is 0 Å². The second-order valence-corrected chi connectivity index (χ2v) is 2.60. The summed E-state index contributed by atoms with van der Waals surface area (Å²) in [4.78, 5) is 3.27. The largest absolute Gasteiger partial charge is 0.433 e. The van der Waals surface area contributed by atoms with Gasteiger partial charge in [0.1, 0.15) is 11.5 Å². The smallest absolute Gasteiger partial charge is 0.384 e. The van der Waals surface area contributed by atoms with Crippen molar-refractivity contribution in [2.45, 2.75) is 19.5 Å². The standard InChI is InChI=1S/C8H9F3N2/c1-2-5-3-4-6(12)13-7(5)8(9,10)11/h3-4H,2H2,1H3,(H2,12,13). The third kappa shape index (κ3) is 2.11. The van der Waals surface area contributed by atoms with Crippen LogP contribution in [0.25, 0.3) is 0 Å². The van der Waals surface area contributed by atoms with Crippen LogP contribution in [0, 0.1) is 0 Å². The van der Waals surface area contributed by atoms with E-state index in [0.717, 1.165) is 0 Å². The van der Waals surface area contributed by atoms with Gasteiger partial charge in [-0.3, -0.25) is 0 Å². The van der Waals surface area contributed by atoms with Crippen molar-refractivity contribution in [2.24, 2.45) is 0 Å². The molecule has 0 saturated heterocycles. The number of pyridine rings is 1. The lowest BCUT2D eigenvalue weighted by atomic mass is 10.1. The lowest BCUT2D eigenvalue weighted by Crippen LogP contribution is -2.12. The van der Waals surface area contributed by atoms with Crippen LogP contribution in [0.15, 0.2) is 12.1 Å². The van der Waals surface area contributed by atoms with Gasteiger partial charge in [0.05, 0.1) is 0 Å². The average molecular weight is 190 g/mol. The summed E-state index contributed by atoms with van der Waals surface area (Å²) in [6, 6.07) is 2.72. The van der Waals surface area contributed by atoms with Gasteiger partial charge in [-0.1, -0.05) is 13.0 Å². The van der Waals surface area contributed by atoms with Crippen molar-refractivity contribution < 1.29 is 13.2 Å². The van der Waals surface area contributed by atoms with Crippen LogP contribution in [-0.2, 0) is 12.6 Å². The summed E-state index contributed by atoms with van der Waals surface area (Å²) >= 11 is 0. The predicted molar refractivity (Wildman–Crippen MR) is 43.0 cm³/mol. The molecule has 0 amide bonds. The second kappa shape index (κ2) is 3.24. The monoisotopic (exact) mass is 190 g/mol. The van der Waals surface area contributed by atoms with E-state index in [1.807, 2.05) is 0 Å². The first-order chi connectivity index (χ1) is 5.95. The Balaban J connectivity index is 3.24. The molecule has 2 N–H and O–H groups in total. The van der Waals surface area contributed by atoms with Gasteiger partial charge in [-0.25, -0.2) is 4.98 Å². The van der Waals surface area contributed by atoms with Crippen LogP contribution >= 0.6 is 0 Å². The summed E-state index contributed by atoms with van der Waals surface area (Å²) in [6.45, 7) is 1.64. The summed E-state index contributed by atoms with van der Waals surface area (Å²) in [6.07, 6.45) is -4.12. The molecule has 2 nitrogen and oxygen atoms in total. The predicted octanol–water partition coefficient (Wildman–Crippen LogP) is 2.25. The highest BCUT2D eigenvalue weighted by Gasteiger charge is 2.34. The zero-order chi connectivity index (χ0) is 10.1. The van der Waals surface area contributed by atoms with Gasteiger partial charge in [0.25, 0.3) is 0 Å². The minimum atomic E-state index is -4.42. The lowest BCUT2D eigenvalue weighted by molar-refractivity contribution is -0.141. The molecule has 1 aromatic heterocycles. The summed E-state index contributed by atoms with van der Waals surface area (Å²) in [7, 11) is 0. The Morgan fingerprint density at radius 2 is 2.00 bits per heavy atom. The molecule has 0 radical (unpaired) electrons. The quantitative estimate of drug-likeness (QED) is 0.737. The summed E-state index contributed by atoms with van der Waals surface area (Å²) in [5.41, 5.74) is 4.46. The van der Waals surface area contributed by atoms with E-state index in [1.165, 1.54) is 12.1 Å². The number of hydrogen-bond donors (Lipinski definition) is 1. The molecule has 0 aliphatic heterocycles. The topological polar surface area (TPSA) is 38.9 Å². The van der Waals surface area contributed by atoms with E-state index in [4.69, 9.17) is 5.73 Å². The maximum Gasteiger partial charge on any atom is 0.433 e. The van der Waals surface area contributed by atoms with Crippen molar-refractivity contribution in [3.05, 3.63) is 23.4 Å². The molecule has 0 fully saturated rings. The van der Waals surface area contributed by atoms with Gasteiger partial charge in [0, 0.05) is 0 Å². The Kier molecular flexibility index (Phi) is 2.45. The minimum absolute atomic E-state index is 0.107. The average Bonchev–Trinajstić information content (AvgIpc) is 2.03. The van der Waals surface area contributed by atoms with Crippen molar-refractivity contribution in [3.8, 4) is 0 Å². The third-order valence-corrected chi connectivity index (χ3v) is 1.65. The van der Waals surface area contributed by atoms with E-state index in [-0.39, 0.29) is 11.4 Å². The number of halogens is 3. The van der Waals surface area contributed by atoms with E-state index in [0.29, 0.717) is 6.42 Å². The highest BCUT2D eigenvalue weighted by atomic mass is 19.4. The van der Waals surface area contributed by atoms with E-state index in [9.17, 15) is 13.2 Å². The van der Waals surface area contributed by atoms with E-state index in [1.54, 1.807) is 6.92 Å². The zero-order valence-corrected chi connectivity index (χ0v) is 7.02. The van der Waals surface area contributed by atoms with Crippen molar-refractivity contribution in [2.75, 3.05) is 5.73 Å². The number of nitrogen functional groups attached to an aromatic ring is 1. The van der Waals surface area contributed by atoms with Gasteiger partial charge in [-0.2, -0.15) is 13.2 Å². The Morgan fingerprint density at radius 1 is 1.38 bits per heavy atom. The molecule has 0 aliphatic rings. The van der Waals surface area contributed by atoms with Gasteiger partial charge in [0.15, 0.2) is 0 Å². The van der Waals surface area contributed by atoms with Crippen LogP contribution in [0.3, 0.4) is 0 Å². The highest BCUT2D eigenvalue weighted by molar-refractivity contribution is 5.35. The molecule has 13 heavy (non-hydrogen) atoms. The molecule has 0 aliphatic carbocycles. The van der Waals surface area contributed by atoms with E-state index >= 15 is 0 Å². The molecular weight excluding hydrogens is 181 g/mol. The molecule has 0 atom stereocenters. The maximum absolute atomic E-state index is 12.3. The highest BCUT2D eigenvalue weighted by Crippen LogP contribution is 2.31. The Morgan fingerprint density at radius 3 is 2.46 bits per heavy atom. The molecule has 72 valence electrons. The molecule has 0 spiro atoms. The fourth-order valence-electron chi connectivity index (χ4n) is 1.03. The molecule has 1 rings (SSSR count). The summed E-state index contributed by atoms with van der Waals surface area (Å²) < 4.78 is 36.9. The summed E-state index contributed by atoms with van der Waals surface area (Å²) in [5.74, 6) is -0.107. The number of anilines is 1. The molecule has 0 aromatic carbocycles. The minimum Gasteiger partial charge on any atom is -0.384 e. The van der Waals surface area contributed by atoms with Gasteiger partial charge in [-0.15, -0.1) is 0 Å². The molecule has 0 saturated carbocycles. The van der Waals surface area contributed by atoms with Crippen LogP contribution < -0.4 is 5.73 Å². The van der Waals surface area contributed by atoms with E-state index in [2.05, 4.69) is 4.98 Å². The van der Waals surface area contributed by atoms with Crippen LogP contribution in [0.5, 0.6) is 0 Å². The van der Waals surface area contributed by atoms with Crippen LogP contribution in [0.4, 0.5) is 19.0 Å². The van der Waals surface area contributed by atoms with Crippen LogP contribution in [-0.4, -0.2) is 4.98 Å². The van der Waals surface area contributed by atoms with Crippen molar-refractivity contribution in [3.63, 3.8) is 0 Å². The van der Waals surface area contributed by atoms with E-state index < -0.39 is 11.9 Å². The van der Waals surface area contributed by atoms with Gasteiger partial charge >= 0.3 is 6.18 Å². The first-order valence-electron chi connectivity index (χ1n) is 3.77. The zero-order valence-electron chi connectivity index (χ0n) is 7.02. The molecule has 0 bridgehead atoms. The Bertz CT molecular complexity index is 307. The molecule has 1 heterocycles. The number of aromatic nitrogens is 1. The van der Waals surface area contributed by atoms with Gasteiger partial charge in [-0.05, 0) is 18.1 Å². The van der Waals surface area contributed by atoms with Crippen molar-refractivity contribution in [1.29, 1.82) is 0 Å². The van der Waals surface area contributed by atoms with Crippen molar-refractivity contribution in [1.82, 2.24) is 4.98 Å². The number of alkyl halides is 3. The molecule has 5 heteroatoms. The number of aryl methyl sites for hydroxylation is 1. The fourth-order valence-corrected chi connectivity index (χ4v) is 1.03. The molecule has 0 unspecified atom stereocenters. The molecule has 1 aromatic rings. The maximum atomic E-state index is 12.3. The Hall–Kier alpha value is -1.26. The fraction of sp³-hybridized carbons (Fsp3) is 0.375. The number of hydrogen-bond acceptors (Lipinski definition) is 2.